The number of benzene rings is 1. The van der Waals surface area contributed by atoms with E-state index in [9.17, 15) is 9.59 Å². The Labute approximate surface area is 111 Å². The van der Waals surface area contributed by atoms with Crippen molar-refractivity contribution in [3.63, 3.8) is 0 Å². The minimum absolute atomic E-state index is 0.00120. The first-order valence-electron chi connectivity index (χ1n) is 5.89. The average molecular weight is 269 g/mol. The van der Waals surface area contributed by atoms with Crippen LogP contribution in [0.1, 0.15) is 19.4 Å². The zero-order valence-corrected chi connectivity index (χ0v) is 10.9. The molecule has 0 fully saturated rings. The van der Waals surface area contributed by atoms with Crippen molar-refractivity contribution in [2.45, 2.75) is 32.6 Å². The first-order chi connectivity index (χ1) is 9.02. The van der Waals surface area contributed by atoms with Gasteiger partial charge in [-0.15, -0.1) is 0 Å². The van der Waals surface area contributed by atoms with Crippen LogP contribution in [-0.4, -0.2) is 34.3 Å². The van der Waals surface area contributed by atoms with Crippen molar-refractivity contribution in [2.75, 3.05) is 0 Å². The van der Waals surface area contributed by atoms with E-state index >= 15 is 0 Å². The lowest BCUT2D eigenvalue weighted by atomic mass is 10.1. The van der Waals surface area contributed by atoms with E-state index in [4.69, 9.17) is 20.7 Å². The van der Waals surface area contributed by atoms with E-state index < -0.39 is 24.1 Å². The van der Waals surface area contributed by atoms with Gasteiger partial charge in [0.1, 0.15) is 6.04 Å². The lowest BCUT2D eigenvalue weighted by Crippen LogP contribution is -2.47. The van der Waals surface area contributed by atoms with E-state index in [1.807, 2.05) is 13.8 Å². The molecule has 0 radical (unpaired) electrons. The lowest BCUT2D eigenvalue weighted by molar-refractivity contribution is -0.159. The van der Waals surface area contributed by atoms with E-state index in [1.54, 1.807) is 30.3 Å². The lowest BCUT2D eigenvalue weighted by Gasteiger charge is -2.17. The van der Waals surface area contributed by atoms with Crippen molar-refractivity contribution >= 4 is 11.9 Å². The first kappa shape index (κ1) is 17.1. The molecule has 0 unspecified atom stereocenters. The van der Waals surface area contributed by atoms with Crippen LogP contribution in [0.5, 0.6) is 0 Å². The van der Waals surface area contributed by atoms with Crippen LogP contribution in [0, 0.1) is 0 Å². The summed E-state index contributed by atoms with van der Waals surface area (Å²) in [5.41, 5.74) is 5.97. The van der Waals surface area contributed by atoms with Gasteiger partial charge in [-0.05, 0) is 5.56 Å². The number of hydrogen-bond donors (Lipinski definition) is 3. The highest BCUT2D eigenvalue weighted by molar-refractivity contribution is 5.84. The van der Waals surface area contributed by atoms with E-state index in [-0.39, 0.29) is 6.61 Å². The average Bonchev–Trinajstić information content (AvgIpc) is 2.41. The minimum Gasteiger partial charge on any atom is -0.480 e. The quantitative estimate of drug-likeness (QED) is 0.713. The van der Waals surface area contributed by atoms with Gasteiger partial charge < -0.3 is 20.7 Å². The van der Waals surface area contributed by atoms with E-state index in [0.29, 0.717) is 0 Å². The van der Waals surface area contributed by atoms with Crippen LogP contribution < -0.4 is 5.73 Å². The topological polar surface area (TPSA) is 110 Å². The van der Waals surface area contributed by atoms with Crippen molar-refractivity contribution in [3.8, 4) is 0 Å². The smallest absolute Gasteiger partial charge is 0.335 e. The number of nitrogens with two attached hydrogens (primary N) is 1. The summed E-state index contributed by atoms with van der Waals surface area (Å²) in [5.74, 6) is -2.80. The standard InChI is InChI=1S/C11H13NO5.C2H6/c12-8(10(13)14)9(11(15)16)17-6-7-4-2-1-3-5-7;1-2/h1-5,8-9H,6,12H2,(H,13,14)(H,15,16);1-2H3/t8-,9-;/m0./s1. The largest absolute Gasteiger partial charge is 0.480 e. The normalized spacial score (nSPS) is 12.8. The molecule has 4 N–H and O–H groups in total. The molecule has 0 aromatic heterocycles. The number of ether oxygens (including phenoxy) is 1. The van der Waals surface area contributed by atoms with Gasteiger partial charge in [0.2, 0.25) is 0 Å². The third kappa shape index (κ3) is 5.98. The summed E-state index contributed by atoms with van der Waals surface area (Å²) in [7, 11) is 0. The highest BCUT2D eigenvalue weighted by Crippen LogP contribution is 2.06. The van der Waals surface area contributed by atoms with Gasteiger partial charge in [-0.1, -0.05) is 44.2 Å². The number of aliphatic carboxylic acids is 2. The molecule has 6 nitrogen and oxygen atoms in total. The third-order valence-electron chi connectivity index (χ3n) is 2.13. The van der Waals surface area contributed by atoms with Crippen molar-refractivity contribution in [1.82, 2.24) is 0 Å². The summed E-state index contributed by atoms with van der Waals surface area (Å²) >= 11 is 0. The van der Waals surface area contributed by atoms with Gasteiger partial charge >= 0.3 is 11.9 Å². The number of hydrogen-bond acceptors (Lipinski definition) is 4. The Morgan fingerprint density at radius 2 is 1.68 bits per heavy atom. The van der Waals surface area contributed by atoms with Crippen LogP contribution >= 0.6 is 0 Å². The summed E-state index contributed by atoms with van der Waals surface area (Å²) in [6.07, 6.45) is -1.56. The van der Waals surface area contributed by atoms with Crippen molar-refractivity contribution < 1.29 is 24.5 Å². The number of carbonyl (C=O) groups is 2. The fourth-order valence-electron chi connectivity index (χ4n) is 1.22. The zero-order valence-electron chi connectivity index (χ0n) is 10.9. The molecule has 1 rings (SSSR count). The third-order valence-corrected chi connectivity index (χ3v) is 2.13. The van der Waals surface area contributed by atoms with Crippen molar-refractivity contribution in [2.24, 2.45) is 5.73 Å². The highest BCUT2D eigenvalue weighted by Gasteiger charge is 2.31. The molecule has 6 heteroatoms. The summed E-state index contributed by atoms with van der Waals surface area (Å²) in [6.45, 7) is 4.00. The van der Waals surface area contributed by atoms with Crippen LogP contribution in [0.2, 0.25) is 0 Å². The molecule has 106 valence electrons. The Kier molecular flexibility index (Phi) is 8.15. The van der Waals surface area contributed by atoms with Gasteiger partial charge in [0.15, 0.2) is 6.10 Å². The van der Waals surface area contributed by atoms with Gasteiger partial charge in [0.05, 0.1) is 6.61 Å². The molecule has 0 bridgehead atoms. The fourth-order valence-corrected chi connectivity index (χ4v) is 1.22. The maximum atomic E-state index is 10.8. The molecule has 0 heterocycles. The second kappa shape index (κ2) is 9.07. The maximum absolute atomic E-state index is 10.8. The van der Waals surface area contributed by atoms with E-state index in [1.165, 1.54) is 0 Å². The SMILES string of the molecule is CC.N[C@H](C(=O)O)[C@H](OCc1ccccc1)C(=O)O. The molecule has 1 aromatic carbocycles. The number of carboxylic acid groups (broad SMARTS) is 2. The molecule has 0 aliphatic carbocycles. The Hall–Kier alpha value is -1.92. The van der Waals surface area contributed by atoms with Crippen LogP contribution in [-0.2, 0) is 20.9 Å². The van der Waals surface area contributed by atoms with Crippen LogP contribution in [0.3, 0.4) is 0 Å². The molecule has 19 heavy (non-hydrogen) atoms. The first-order valence-corrected chi connectivity index (χ1v) is 5.89. The Bertz CT molecular complexity index is 393. The fraction of sp³-hybridized carbons (Fsp3) is 0.385. The van der Waals surface area contributed by atoms with Crippen molar-refractivity contribution in [1.29, 1.82) is 0 Å². The maximum Gasteiger partial charge on any atom is 0.335 e. The van der Waals surface area contributed by atoms with E-state index in [0.717, 1.165) is 5.56 Å². The van der Waals surface area contributed by atoms with E-state index in [2.05, 4.69) is 0 Å². The van der Waals surface area contributed by atoms with Crippen molar-refractivity contribution in [3.05, 3.63) is 35.9 Å². The Balaban J connectivity index is 0.00000154. The number of rotatable bonds is 6. The predicted octanol–water partition coefficient (Wildman–Crippen LogP) is 1.09. The molecule has 0 aliphatic heterocycles. The van der Waals surface area contributed by atoms with Crippen LogP contribution in [0.15, 0.2) is 30.3 Å². The van der Waals surface area contributed by atoms with Gasteiger partial charge in [-0.3, -0.25) is 4.79 Å². The molecule has 2 atom stereocenters. The summed E-state index contributed by atoms with van der Waals surface area (Å²) in [6, 6.07) is 7.24. The molecular weight excluding hydrogens is 250 g/mol. The predicted molar refractivity (Wildman–Crippen MR) is 69.6 cm³/mol. The summed E-state index contributed by atoms with van der Waals surface area (Å²) < 4.78 is 5.01. The zero-order chi connectivity index (χ0) is 14.8. The molecule has 0 saturated carbocycles. The molecule has 1 aromatic rings. The van der Waals surface area contributed by atoms with Gasteiger partial charge in [0.25, 0.3) is 0 Å². The second-order valence-electron chi connectivity index (χ2n) is 3.42. The number of carboxylic acids is 2. The highest BCUT2D eigenvalue weighted by atomic mass is 16.5. The monoisotopic (exact) mass is 269 g/mol. The molecule has 0 aliphatic rings. The van der Waals surface area contributed by atoms with Gasteiger partial charge in [0, 0.05) is 0 Å². The second-order valence-corrected chi connectivity index (χ2v) is 3.42. The molecular formula is C13H19NO5. The molecule has 0 spiro atoms. The van der Waals surface area contributed by atoms with Crippen LogP contribution in [0.4, 0.5) is 0 Å². The van der Waals surface area contributed by atoms with Gasteiger partial charge in [-0.25, -0.2) is 4.79 Å². The summed E-state index contributed by atoms with van der Waals surface area (Å²) in [5, 5.41) is 17.4. The minimum atomic E-state index is -1.59. The Morgan fingerprint density at radius 1 is 1.16 bits per heavy atom. The molecule has 0 amide bonds. The molecule has 0 saturated heterocycles. The summed E-state index contributed by atoms with van der Waals surface area (Å²) in [4.78, 5) is 21.4. The van der Waals surface area contributed by atoms with Gasteiger partial charge in [-0.2, -0.15) is 0 Å². The van der Waals surface area contributed by atoms with Crippen LogP contribution in [0.25, 0.3) is 0 Å². The Morgan fingerprint density at radius 3 is 2.11 bits per heavy atom.